The lowest BCUT2D eigenvalue weighted by molar-refractivity contribution is -0.113. The monoisotopic (exact) mass is 539 g/mol. The van der Waals surface area contributed by atoms with Gasteiger partial charge in [0, 0.05) is 10.2 Å². The van der Waals surface area contributed by atoms with Crippen molar-refractivity contribution in [3.8, 4) is 5.75 Å². The minimum atomic E-state index is -0.366. The predicted octanol–water partition coefficient (Wildman–Crippen LogP) is 5.37. The smallest absolute Gasteiger partial charge is 0.234 e. The van der Waals surface area contributed by atoms with Crippen molar-refractivity contribution in [2.24, 2.45) is 5.10 Å². The Hall–Kier alpha value is -3.50. The van der Waals surface area contributed by atoms with Crippen molar-refractivity contribution in [1.82, 2.24) is 14.9 Å². The van der Waals surface area contributed by atoms with Gasteiger partial charge in [0.25, 0.3) is 0 Å². The third-order valence-corrected chi connectivity index (χ3v) is 5.89. The topological polar surface area (TPSA) is 81.4 Å². The second-order valence-corrected chi connectivity index (χ2v) is 8.81. The van der Waals surface area contributed by atoms with Gasteiger partial charge in [0.05, 0.1) is 12.0 Å². The highest BCUT2D eigenvalue weighted by Gasteiger charge is 2.15. The highest BCUT2D eigenvalue weighted by Crippen LogP contribution is 2.20. The molecule has 0 saturated carbocycles. The molecule has 1 amide bonds. The Morgan fingerprint density at radius 2 is 1.79 bits per heavy atom. The molecule has 1 N–H and O–H groups in total. The molecule has 1 aromatic heterocycles. The first-order valence-corrected chi connectivity index (χ1v) is 11.9. The SMILES string of the molecule is O=C(CSc1nnc(COc2ccccc2)n1N=Cc1ccc(Br)cc1)Nc1ccc(F)cc1. The summed E-state index contributed by atoms with van der Waals surface area (Å²) in [6.45, 7) is 0.150. The molecule has 3 aromatic carbocycles. The molecule has 0 bridgehead atoms. The van der Waals surface area contributed by atoms with E-state index in [1.54, 1.807) is 10.9 Å². The van der Waals surface area contributed by atoms with Crippen LogP contribution in [-0.2, 0) is 11.4 Å². The Morgan fingerprint density at radius 1 is 1.06 bits per heavy atom. The molecule has 0 aliphatic carbocycles. The molecule has 0 spiro atoms. The molecule has 0 atom stereocenters. The van der Waals surface area contributed by atoms with Crippen molar-refractivity contribution in [3.63, 3.8) is 0 Å². The Bertz CT molecular complexity index is 1270. The number of hydrogen-bond acceptors (Lipinski definition) is 6. The van der Waals surface area contributed by atoms with Crippen LogP contribution in [0.25, 0.3) is 0 Å². The van der Waals surface area contributed by atoms with Crippen LogP contribution in [0.5, 0.6) is 5.75 Å². The molecular formula is C24H19BrFN5O2S. The van der Waals surface area contributed by atoms with E-state index in [1.165, 1.54) is 36.0 Å². The highest BCUT2D eigenvalue weighted by molar-refractivity contribution is 9.10. The van der Waals surface area contributed by atoms with Crippen LogP contribution >= 0.6 is 27.7 Å². The molecule has 0 fully saturated rings. The molecule has 4 rings (SSSR count). The number of aromatic nitrogens is 3. The minimum absolute atomic E-state index is 0.0723. The Morgan fingerprint density at radius 3 is 2.53 bits per heavy atom. The molecule has 0 aliphatic heterocycles. The minimum Gasteiger partial charge on any atom is -0.486 e. The van der Waals surface area contributed by atoms with Crippen molar-refractivity contribution in [2.45, 2.75) is 11.8 Å². The van der Waals surface area contributed by atoms with Gasteiger partial charge in [-0.1, -0.05) is 58.0 Å². The first kappa shape index (κ1) is 23.7. The van der Waals surface area contributed by atoms with E-state index < -0.39 is 0 Å². The molecule has 172 valence electrons. The molecule has 0 saturated heterocycles. The van der Waals surface area contributed by atoms with Crippen LogP contribution in [0, 0.1) is 5.82 Å². The van der Waals surface area contributed by atoms with Gasteiger partial charge in [0.1, 0.15) is 18.2 Å². The molecule has 1 heterocycles. The lowest BCUT2D eigenvalue weighted by Gasteiger charge is -2.07. The zero-order valence-electron chi connectivity index (χ0n) is 17.8. The summed E-state index contributed by atoms with van der Waals surface area (Å²) in [4.78, 5) is 12.4. The largest absolute Gasteiger partial charge is 0.486 e. The molecule has 34 heavy (non-hydrogen) atoms. The van der Waals surface area contributed by atoms with Gasteiger partial charge in [-0.15, -0.1) is 10.2 Å². The number of amides is 1. The maximum atomic E-state index is 13.1. The number of nitrogens with one attached hydrogen (secondary N) is 1. The summed E-state index contributed by atoms with van der Waals surface area (Å²) in [5.41, 5.74) is 1.40. The van der Waals surface area contributed by atoms with Crippen molar-refractivity contribution in [2.75, 3.05) is 11.1 Å². The fourth-order valence-electron chi connectivity index (χ4n) is 2.79. The number of para-hydroxylation sites is 1. The van der Waals surface area contributed by atoms with Gasteiger partial charge in [-0.25, -0.2) is 4.39 Å². The van der Waals surface area contributed by atoms with Crippen molar-refractivity contribution < 1.29 is 13.9 Å². The third kappa shape index (κ3) is 6.75. The molecule has 7 nitrogen and oxygen atoms in total. The van der Waals surface area contributed by atoms with Crippen LogP contribution in [0.3, 0.4) is 0 Å². The second kappa shape index (κ2) is 11.6. The average Bonchev–Trinajstić information content (AvgIpc) is 3.25. The molecule has 0 radical (unpaired) electrons. The first-order valence-electron chi connectivity index (χ1n) is 10.2. The fraction of sp³-hybridized carbons (Fsp3) is 0.0833. The zero-order chi connectivity index (χ0) is 23.8. The van der Waals surface area contributed by atoms with Crippen LogP contribution in [0.2, 0.25) is 0 Å². The van der Waals surface area contributed by atoms with Crippen molar-refractivity contribution >= 4 is 45.5 Å². The summed E-state index contributed by atoms with van der Waals surface area (Å²) < 4.78 is 21.4. The number of rotatable bonds is 9. The van der Waals surface area contributed by atoms with E-state index in [9.17, 15) is 9.18 Å². The van der Waals surface area contributed by atoms with Crippen LogP contribution in [-0.4, -0.2) is 32.7 Å². The van der Waals surface area contributed by atoms with Gasteiger partial charge in [-0.05, 0) is 54.1 Å². The zero-order valence-corrected chi connectivity index (χ0v) is 20.2. The van der Waals surface area contributed by atoms with Crippen LogP contribution in [0.15, 0.2) is 93.6 Å². The number of hydrogen-bond donors (Lipinski definition) is 1. The van der Waals surface area contributed by atoms with Crippen molar-refractivity contribution in [1.29, 1.82) is 0 Å². The lowest BCUT2D eigenvalue weighted by Crippen LogP contribution is -2.14. The Kier molecular flexibility index (Phi) is 8.05. The van der Waals surface area contributed by atoms with Gasteiger partial charge < -0.3 is 10.1 Å². The average molecular weight is 540 g/mol. The van der Waals surface area contributed by atoms with Gasteiger partial charge in [0.15, 0.2) is 5.82 Å². The number of halogens is 2. The van der Waals surface area contributed by atoms with E-state index in [4.69, 9.17) is 4.74 Å². The number of thioether (sulfide) groups is 1. The van der Waals surface area contributed by atoms with E-state index in [-0.39, 0.29) is 24.1 Å². The van der Waals surface area contributed by atoms with Crippen molar-refractivity contribution in [3.05, 3.63) is 101 Å². The summed E-state index contributed by atoms with van der Waals surface area (Å²) in [5, 5.41) is 16.1. The maximum Gasteiger partial charge on any atom is 0.234 e. The number of nitrogens with zero attached hydrogens (tertiary/aromatic N) is 4. The normalized spacial score (nSPS) is 11.0. The van der Waals surface area contributed by atoms with Crippen LogP contribution in [0.4, 0.5) is 10.1 Å². The Labute approximate surface area is 208 Å². The summed E-state index contributed by atoms with van der Waals surface area (Å²) in [5.74, 6) is 0.628. The number of carbonyl (C=O) groups is 1. The molecule has 0 unspecified atom stereocenters. The van der Waals surface area contributed by atoms with E-state index in [2.05, 4.69) is 36.5 Å². The van der Waals surface area contributed by atoms with E-state index in [0.29, 0.717) is 22.4 Å². The number of anilines is 1. The molecule has 4 aromatic rings. The second-order valence-electron chi connectivity index (χ2n) is 6.95. The number of carbonyl (C=O) groups excluding carboxylic acids is 1. The lowest BCUT2D eigenvalue weighted by atomic mass is 10.2. The van der Waals surface area contributed by atoms with Gasteiger partial charge in [-0.2, -0.15) is 9.78 Å². The van der Waals surface area contributed by atoms with Gasteiger partial charge >= 0.3 is 0 Å². The standard InChI is InChI=1S/C24H19BrFN5O2S/c25-18-8-6-17(7-9-18)14-27-31-22(15-33-21-4-2-1-3-5-21)29-30-24(31)34-16-23(32)28-20-12-10-19(26)11-13-20/h1-14H,15-16H2,(H,28,32). The quantitative estimate of drug-likeness (QED) is 0.228. The Balaban J connectivity index is 1.48. The molecule has 0 aliphatic rings. The van der Waals surface area contributed by atoms with E-state index >= 15 is 0 Å². The predicted molar refractivity (Wildman–Crippen MR) is 134 cm³/mol. The van der Waals surface area contributed by atoms with Crippen LogP contribution in [0.1, 0.15) is 11.4 Å². The molecule has 10 heteroatoms. The molecular weight excluding hydrogens is 521 g/mol. The van der Waals surface area contributed by atoms with E-state index in [1.807, 2.05) is 54.6 Å². The third-order valence-electron chi connectivity index (χ3n) is 4.44. The first-order chi connectivity index (χ1) is 16.6. The summed E-state index contributed by atoms with van der Waals surface area (Å²) >= 11 is 4.60. The number of ether oxygens (including phenoxy) is 1. The fourth-order valence-corrected chi connectivity index (χ4v) is 3.76. The van der Waals surface area contributed by atoms with Gasteiger partial charge in [0.2, 0.25) is 11.1 Å². The number of benzene rings is 3. The summed E-state index contributed by atoms with van der Waals surface area (Å²) in [6.07, 6.45) is 1.68. The summed E-state index contributed by atoms with van der Waals surface area (Å²) in [6, 6.07) is 22.6. The maximum absolute atomic E-state index is 13.1. The summed E-state index contributed by atoms with van der Waals surface area (Å²) in [7, 11) is 0. The van der Waals surface area contributed by atoms with Gasteiger partial charge in [-0.3, -0.25) is 4.79 Å². The van der Waals surface area contributed by atoms with E-state index in [0.717, 1.165) is 10.0 Å². The van der Waals surface area contributed by atoms with Crippen LogP contribution < -0.4 is 10.1 Å². The highest BCUT2D eigenvalue weighted by atomic mass is 79.9.